The van der Waals surface area contributed by atoms with Gasteiger partial charge in [-0.25, -0.2) is 4.79 Å². The van der Waals surface area contributed by atoms with E-state index in [-0.39, 0.29) is 5.57 Å². The predicted molar refractivity (Wildman–Crippen MR) is 55.1 cm³/mol. The number of ether oxygens (including phenoxy) is 1. The second-order valence-corrected chi connectivity index (χ2v) is 3.18. The smallest absolute Gasteiger partial charge is 0.336 e. The average molecular weight is 207 g/mol. The van der Waals surface area contributed by atoms with E-state index >= 15 is 0 Å². The number of hydrogen-bond acceptors (Lipinski definition) is 4. The van der Waals surface area contributed by atoms with Crippen LogP contribution in [0.1, 0.15) is 17.4 Å². The fourth-order valence-electron chi connectivity index (χ4n) is 1.06. The summed E-state index contributed by atoms with van der Waals surface area (Å²) in [7, 11) is 1.24. The topological polar surface area (TPSA) is 59.4 Å². The maximum Gasteiger partial charge on any atom is 0.336 e. The molecule has 1 heterocycles. The van der Waals surface area contributed by atoms with Crippen LogP contribution in [0.5, 0.6) is 0 Å². The SMILES string of the molecule is C=C(C(=O)OC)C(O)c1ccc(C)cn1. The van der Waals surface area contributed by atoms with E-state index in [4.69, 9.17) is 0 Å². The number of carbonyl (C=O) groups excluding carboxylic acids is 1. The number of aliphatic hydroxyl groups excluding tert-OH is 1. The number of aromatic nitrogens is 1. The Morgan fingerprint density at radius 1 is 1.60 bits per heavy atom. The third-order valence-electron chi connectivity index (χ3n) is 1.99. The van der Waals surface area contributed by atoms with Crippen LogP contribution in [0.2, 0.25) is 0 Å². The molecule has 1 unspecified atom stereocenters. The molecule has 4 nitrogen and oxygen atoms in total. The summed E-state index contributed by atoms with van der Waals surface area (Å²) in [6, 6.07) is 3.45. The van der Waals surface area contributed by atoms with Gasteiger partial charge in [-0.05, 0) is 18.6 Å². The first-order valence-electron chi connectivity index (χ1n) is 4.44. The number of carbonyl (C=O) groups is 1. The molecule has 1 aromatic rings. The molecule has 0 aliphatic rings. The van der Waals surface area contributed by atoms with E-state index in [1.165, 1.54) is 7.11 Å². The lowest BCUT2D eigenvalue weighted by Gasteiger charge is -2.11. The number of rotatable bonds is 3. The van der Waals surface area contributed by atoms with Crippen molar-refractivity contribution in [2.45, 2.75) is 13.0 Å². The minimum Gasteiger partial charge on any atom is -0.466 e. The molecule has 0 saturated heterocycles. The van der Waals surface area contributed by atoms with Crippen LogP contribution in [-0.4, -0.2) is 23.2 Å². The molecule has 15 heavy (non-hydrogen) atoms. The van der Waals surface area contributed by atoms with E-state index in [1.54, 1.807) is 18.3 Å². The molecule has 0 aliphatic heterocycles. The van der Waals surface area contributed by atoms with Crippen molar-refractivity contribution >= 4 is 5.97 Å². The highest BCUT2D eigenvalue weighted by molar-refractivity contribution is 5.88. The fourth-order valence-corrected chi connectivity index (χ4v) is 1.06. The third kappa shape index (κ3) is 2.63. The number of methoxy groups -OCH3 is 1. The molecule has 0 aliphatic carbocycles. The number of nitrogens with zero attached hydrogens (tertiary/aromatic N) is 1. The van der Waals surface area contributed by atoms with Gasteiger partial charge in [-0.15, -0.1) is 0 Å². The highest BCUT2D eigenvalue weighted by Gasteiger charge is 2.19. The van der Waals surface area contributed by atoms with Gasteiger partial charge in [-0.3, -0.25) is 4.98 Å². The minimum absolute atomic E-state index is 0.0196. The number of pyridine rings is 1. The first-order valence-corrected chi connectivity index (χ1v) is 4.44. The average Bonchev–Trinajstić information content (AvgIpc) is 2.27. The van der Waals surface area contributed by atoms with Gasteiger partial charge in [0.05, 0.1) is 18.4 Å². The van der Waals surface area contributed by atoms with Crippen LogP contribution < -0.4 is 0 Å². The summed E-state index contributed by atoms with van der Waals surface area (Å²) in [4.78, 5) is 15.1. The Morgan fingerprint density at radius 2 is 2.27 bits per heavy atom. The zero-order chi connectivity index (χ0) is 11.4. The van der Waals surface area contributed by atoms with Crippen LogP contribution in [-0.2, 0) is 9.53 Å². The molecule has 0 amide bonds. The highest BCUT2D eigenvalue weighted by Crippen LogP contribution is 2.18. The first-order chi connectivity index (χ1) is 7.06. The Labute approximate surface area is 88.2 Å². The lowest BCUT2D eigenvalue weighted by Crippen LogP contribution is -2.13. The van der Waals surface area contributed by atoms with E-state index in [0.717, 1.165) is 5.56 Å². The Kier molecular flexibility index (Phi) is 3.57. The molecular formula is C11H13NO3. The third-order valence-corrected chi connectivity index (χ3v) is 1.99. The second kappa shape index (κ2) is 4.70. The van der Waals surface area contributed by atoms with Gasteiger partial charge in [-0.1, -0.05) is 12.6 Å². The number of hydrogen-bond donors (Lipinski definition) is 1. The van der Waals surface area contributed by atoms with Crippen molar-refractivity contribution in [1.29, 1.82) is 0 Å². The summed E-state index contributed by atoms with van der Waals surface area (Å²) >= 11 is 0. The van der Waals surface area contributed by atoms with Crippen molar-refractivity contribution in [3.63, 3.8) is 0 Å². The van der Waals surface area contributed by atoms with Crippen molar-refractivity contribution in [3.05, 3.63) is 41.7 Å². The van der Waals surface area contributed by atoms with Crippen LogP contribution >= 0.6 is 0 Å². The van der Waals surface area contributed by atoms with E-state index in [9.17, 15) is 9.90 Å². The van der Waals surface area contributed by atoms with Crippen molar-refractivity contribution in [1.82, 2.24) is 4.98 Å². The molecule has 1 aromatic heterocycles. The van der Waals surface area contributed by atoms with Crippen molar-refractivity contribution in [2.24, 2.45) is 0 Å². The number of esters is 1. The van der Waals surface area contributed by atoms with E-state index < -0.39 is 12.1 Å². The Balaban J connectivity index is 2.85. The fraction of sp³-hybridized carbons (Fsp3) is 0.273. The Hall–Kier alpha value is -1.68. The van der Waals surface area contributed by atoms with E-state index in [1.807, 2.05) is 6.92 Å². The zero-order valence-corrected chi connectivity index (χ0v) is 8.73. The van der Waals surface area contributed by atoms with Crippen LogP contribution in [0.15, 0.2) is 30.5 Å². The summed E-state index contributed by atoms with van der Waals surface area (Å²) in [6.07, 6.45) is 0.501. The predicted octanol–water partition coefficient (Wildman–Crippen LogP) is 1.15. The lowest BCUT2D eigenvalue weighted by molar-refractivity contribution is -0.137. The molecule has 0 radical (unpaired) electrons. The molecule has 0 bridgehead atoms. The van der Waals surface area contributed by atoms with Gasteiger partial charge in [0.2, 0.25) is 0 Å². The quantitative estimate of drug-likeness (QED) is 0.596. The Bertz CT molecular complexity index is 370. The summed E-state index contributed by atoms with van der Waals surface area (Å²) in [5.41, 5.74) is 1.35. The standard InChI is InChI=1S/C11H13NO3/c1-7-4-5-9(12-6-7)10(13)8(2)11(14)15-3/h4-6,10,13H,2H2,1,3H3. The first kappa shape index (κ1) is 11.4. The molecule has 0 fully saturated rings. The second-order valence-electron chi connectivity index (χ2n) is 3.18. The molecule has 1 atom stereocenters. The van der Waals surface area contributed by atoms with Crippen molar-refractivity contribution in [2.75, 3.05) is 7.11 Å². The number of aliphatic hydroxyl groups is 1. The maximum atomic E-state index is 11.1. The van der Waals surface area contributed by atoms with Crippen molar-refractivity contribution < 1.29 is 14.6 Å². The minimum atomic E-state index is -1.11. The van der Waals surface area contributed by atoms with Gasteiger partial charge < -0.3 is 9.84 Å². The summed E-state index contributed by atoms with van der Waals surface area (Å²) in [5, 5.41) is 9.72. The number of aryl methyl sites for hydroxylation is 1. The lowest BCUT2D eigenvalue weighted by atomic mass is 10.1. The monoisotopic (exact) mass is 207 g/mol. The van der Waals surface area contributed by atoms with Crippen LogP contribution in [0.25, 0.3) is 0 Å². The largest absolute Gasteiger partial charge is 0.466 e. The van der Waals surface area contributed by atoms with Crippen LogP contribution in [0, 0.1) is 6.92 Å². The summed E-state index contributed by atoms with van der Waals surface area (Å²) in [5.74, 6) is -0.634. The van der Waals surface area contributed by atoms with Gasteiger partial charge in [0, 0.05) is 6.20 Å². The van der Waals surface area contributed by atoms with Gasteiger partial charge in [0.1, 0.15) is 6.10 Å². The van der Waals surface area contributed by atoms with Gasteiger partial charge in [0.25, 0.3) is 0 Å². The molecule has 1 rings (SSSR count). The summed E-state index contributed by atoms with van der Waals surface area (Å²) in [6.45, 7) is 5.35. The van der Waals surface area contributed by atoms with Gasteiger partial charge in [0.15, 0.2) is 0 Å². The van der Waals surface area contributed by atoms with E-state index in [2.05, 4.69) is 16.3 Å². The Morgan fingerprint density at radius 3 is 2.73 bits per heavy atom. The molecule has 1 N–H and O–H groups in total. The van der Waals surface area contributed by atoms with Crippen molar-refractivity contribution in [3.8, 4) is 0 Å². The van der Waals surface area contributed by atoms with Crippen LogP contribution in [0.3, 0.4) is 0 Å². The van der Waals surface area contributed by atoms with Crippen LogP contribution in [0.4, 0.5) is 0 Å². The molecule has 80 valence electrons. The van der Waals surface area contributed by atoms with Gasteiger partial charge >= 0.3 is 5.97 Å². The highest BCUT2D eigenvalue weighted by atomic mass is 16.5. The molecule has 4 heteroatoms. The maximum absolute atomic E-state index is 11.1. The molecule has 0 saturated carbocycles. The van der Waals surface area contributed by atoms with E-state index in [0.29, 0.717) is 5.69 Å². The summed E-state index contributed by atoms with van der Waals surface area (Å²) < 4.78 is 4.45. The molecule has 0 spiro atoms. The van der Waals surface area contributed by atoms with Gasteiger partial charge in [-0.2, -0.15) is 0 Å². The molecule has 0 aromatic carbocycles. The zero-order valence-electron chi connectivity index (χ0n) is 8.73. The molecular weight excluding hydrogens is 194 g/mol. The normalized spacial score (nSPS) is 11.9.